The zero-order valence-electron chi connectivity index (χ0n) is 30.5. The van der Waals surface area contributed by atoms with Gasteiger partial charge in [0.15, 0.2) is 0 Å². The van der Waals surface area contributed by atoms with Gasteiger partial charge in [0.25, 0.3) is 0 Å². The number of hydrogen-bond donors (Lipinski definition) is 5. The molecule has 14 nitrogen and oxygen atoms in total. The molecular weight excluding hydrogens is 709 g/mol. The molecule has 5 aromatic rings. The van der Waals surface area contributed by atoms with Crippen molar-refractivity contribution in [1.29, 1.82) is 0 Å². The topological polar surface area (TPSA) is 175 Å². The number of methoxy groups -OCH3 is 2. The zero-order valence-corrected chi connectivity index (χ0v) is 31.4. The Morgan fingerprint density at radius 2 is 1.20 bits per heavy atom. The van der Waals surface area contributed by atoms with Crippen molar-refractivity contribution in [2.24, 2.45) is 5.41 Å². The van der Waals surface area contributed by atoms with E-state index in [-0.39, 0.29) is 36.9 Å². The average molecular weight is 753 g/mol. The standard InChI is InChI=1S/C39H44N8O6S/c1-39(12-13-39)24-47(36(49)21-43-38(51)53-3)23-34-41-19-32(45-34)30-11-10-28-16-27(8-9-29(28)17-30)25-4-6-26(7-5-25)31-18-40-33(44-31)22-46(14-15-54)35(48)20-42-37(50)52-2/h4-11,16-19,54H,12-15,20-24H2,1-3H3,(H,40,44)(H,41,45)(H,42,50)(H,43,51). The molecule has 0 unspecified atom stereocenters. The number of H-pyrrole nitrogens is 2. The number of thiol groups is 1. The minimum Gasteiger partial charge on any atom is -0.453 e. The van der Waals surface area contributed by atoms with Gasteiger partial charge < -0.3 is 39.9 Å². The van der Waals surface area contributed by atoms with Gasteiger partial charge in [-0.3, -0.25) is 9.59 Å². The van der Waals surface area contributed by atoms with Crippen LogP contribution in [-0.4, -0.2) is 99.9 Å². The van der Waals surface area contributed by atoms with E-state index >= 15 is 0 Å². The SMILES string of the molecule is COC(=O)NCC(=O)N(CCS)Cc1ncc(-c2ccc(-c3ccc4cc(-c5cnc(CN(CC6(C)CC6)C(=O)CNC(=O)OC)[nH]5)ccc4c3)cc2)[nH]1. The first kappa shape index (κ1) is 37.9. The Hall–Kier alpha value is -5.83. The van der Waals surface area contributed by atoms with E-state index < -0.39 is 12.2 Å². The fraction of sp³-hybridized carbons (Fsp3) is 0.333. The summed E-state index contributed by atoms with van der Waals surface area (Å²) in [6.07, 6.45) is 4.34. The lowest BCUT2D eigenvalue weighted by molar-refractivity contribution is -0.132. The Labute approximate surface area is 318 Å². The molecule has 0 bridgehead atoms. The summed E-state index contributed by atoms with van der Waals surface area (Å²) in [6, 6.07) is 20.8. The molecule has 0 atom stereocenters. The number of nitrogens with zero attached hydrogens (tertiary/aromatic N) is 4. The molecule has 282 valence electrons. The van der Waals surface area contributed by atoms with Gasteiger partial charge >= 0.3 is 12.2 Å². The van der Waals surface area contributed by atoms with Gasteiger partial charge in [0.2, 0.25) is 11.8 Å². The van der Waals surface area contributed by atoms with Crippen molar-refractivity contribution in [2.45, 2.75) is 32.9 Å². The first-order chi connectivity index (χ1) is 26.1. The average Bonchev–Trinajstić information content (AvgIpc) is 3.50. The van der Waals surface area contributed by atoms with E-state index in [4.69, 9.17) is 0 Å². The summed E-state index contributed by atoms with van der Waals surface area (Å²) in [7, 11) is 2.51. The molecule has 4 N–H and O–H groups in total. The number of fused-ring (bicyclic) bond motifs is 1. The fourth-order valence-corrected chi connectivity index (χ4v) is 6.36. The molecule has 54 heavy (non-hydrogen) atoms. The highest BCUT2D eigenvalue weighted by Gasteiger charge is 2.40. The number of alkyl carbamates (subject to hydrolysis) is 2. The summed E-state index contributed by atoms with van der Waals surface area (Å²) in [5.41, 5.74) is 5.83. The molecule has 3 aromatic carbocycles. The molecule has 2 heterocycles. The molecule has 1 fully saturated rings. The molecule has 0 spiro atoms. The van der Waals surface area contributed by atoms with Crippen LogP contribution < -0.4 is 10.6 Å². The van der Waals surface area contributed by atoms with Crippen LogP contribution in [0.25, 0.3) is 44.4 Å². The van der Waals surface area contributed by atoms with Crippen molar-refractivity contribution < 1.29 is 28.7 Å². The molecule has 2 aromatic heterocycles. The summed E-state index contributed by atoms with van der Waals surface area (Å²) in [4.78, 5) is 67.7. The second kappa shape index (κ2) is 16.9. The van der Waals surface area contributed by atoms with Crippen LogP contribution in [0.15, 0.2) is 73.1 Å². The second-order valence-corrected chi connectivity index (χ2v) is 14.1. The van der Waals surface area contributed by atoms with Crippen molar-refractivity contribution >= 4 is 47.4 Å². The van der Waals surface area contributed by atoms with Crippen LogP contribution in [-0.2, 0) is 32.2 Å². The lowest BCUT2D eigenvalue weighted by Gasteiger charge is -2.25. The first-order valence-corrected chi connectivity index (χ1v) is 18.2. The molecule has 1 aliphatic carbocycles. The number of benzene rings is 3. The quantitative estimate of drug-likeness (QED) is 0.0886. The monoisotopic (exact) mass is 752 g/mol. The summed E-state index contributed by atoms with van der Waals surface area (Å²) < 4.78 is 9.16. The number of carbonyl (C=O) groups excluding carboxylic acids is 4. The lowest BCUT2D eigenvalue weighted by atomic mass is 9.98. The predicted molar refractivity (Wildman–Crippen MR) is 207 cm³/mol. The van der Waals surface area contributed by atoms with Crippen LogP contribution in [0.2, 0.25) is 0 Å². The Bertz CT molecular complexity index is 2130. The molecule has 0 saturated heterocycles. The summed E-state index contributed by atoms with van der Waals surface area (Å²) in [6.45, 7) is 3.38. The van der Waals surface area contributed by atoms with Gasteiger partial charge in [0, 0.05) is 24.4 Å². The summed E-state index contributed by atoms with van der Waals surface area (Å²) >= 11 is 4.27. The fourth-order valence-electron chi connectivity index (χ4n) is 6.12. The Balaban J connectivity index is 1.10. The van der Waals surface area contributed by atoms with E-state index in [1.54, 1.807) is 22.2 Å². The van der Waals surface area contributed by atoms with Crippen molar-refractivity contribution in [3.05, 3.63) is 84.7 Å². The van der Waals surface area contributed by atoms with Gasteiger partial charge in [-0.2, -0.15) is 12.6 Å². The van der Waals surface area contributed by atoms with Crippen LogP contribution in [0.1, 0.15) is 31.4 Å². The highest BCUT2D eigenvalue weighted by Crippen LogP contribution is 2.45. The van der Waals surface area contributed by atoms with E-state index in [0.717, 1.165) is 57.3 Å². The predicted octanol–water partition coefficient (Wildman–Crippen LogP) is 5.39. The van der Waals surface area contributed by atoms with Crippen molar-refractivity contribution in [3.63, 3.8) is 0 Å². The van der Waals surface area contributed by atoms with E-state index in [1.807, 2.05) is 12.1 Å². The molecule has 15 heteroatoms. The molecular formula is C39H44N8O6S. The Morgan fingerprint density at radius 3 is 1.76 bits per heavy atom. The van der Waals surface area contributed by atoms with Gasteiger partial charge in [-0.25, -0.2) is 19.6 Å². The number of aromatic nitrogens is 4. The van der Waals surface area contributed by atoms with Crippen LogP contribution in [0.4, 0.5) is 9.59 Å². The number of rotatable bonds is 15. The van der Waals surface area contributed by atoms with Gasteiger partial charge in [0.1, 0.15) is 24.7 Å². The number of hydrogen-bond acceptors (Lipinski definition) is 9. The van der Waals surface area contributed by atoms with Gasteiger partial charge in [-0.05, 0) is 57.9 Å². The van der Waals surface area contributed by atoms with E-state index in [1.165, 1.54) is 14.2 Å². The highest BCUT2D eigenvalue weighted by molar-refractivity contribution is 7.80. The first-order valence-electron chi connectivity index (χ1n) is 17.6. The molecule has 6 rings (SSSR count). The molecule has 1 saturated carbocycles. The normalized spacial score (nSPS) is 12.9. The van der Waals surface area contributed by atoms with Crippen molar-refractivity contribution in [1.82, 2.24) is 40.4 Å². The van der Waals surface area contributed by atoms with E-state index in [0.29, 0.717) is 37.0 Å². The minimum atomic E-state index is -0.668. The zero-order chi connectivity index (χ0) is 38.2. The summed E-state index contributed by atoms with van der Waals surface area (Å²) in [5.74, 6) is 1.29. The highest BCUT2D eigenvalue weighted by atomic mass is 32.1. The second-order valence-electron chi connectivity index (χ2n) is 13.6. The maximum atomic E-state index is 13.0. The number of amides is 4. The largest absolute Gasteiger partial charge is 0.453 e. The molecule has 1 aliphatic rings. The van der Waals surface area contributed by atoms with Gasteiger partial charge in [-0.15, -0.1) is 0 Å². The third-order valence-corrected chi connectivity index (χ3v) is 9.71. The third kappa shape index (κ3) is 9.58. The molecule has 4 amide bonds. The van der Waals surface area contributed by atoms with Crippen LogP contribution >= 0.6 is 12.6 Å². The number of nitrogens with one attached hydrogen (secondary N) is 4. The maximum Gasteiger partial charge on any atom is 0.407 e. The van der Waals surface area contributed by atoms with Crippen LogP contribution in [0, 0.1) is 5.41 Å². The van der Waals surface area contributed by atoms with Gasteiger partial charge in [-0.1, -0.05) is 55.5 Å². The van der Waals surface area contributed by atoms with Crippen molar-refractivity contribution in [3.8, 4) is 33.6 Å². The Morgan fingerprint density at radius 1 is 0.722 bits per heavy atom. The Kier molecular flexibility index (Phi) is 11.9. The summed E-state index contributed by atoms with van der Waals surface area (Å²) in [5, 5.41) is 7.07. The van der Waals surface area contributed by atoms with E-state index in [2.05, 4.69) is 108 Å². The number of imidazole rings is 2. The smallest absolute Gasteiger partial charge is 0.407 e. The van der Waals surface area contributed by atoms with Crippen molar-refractivity contribution in [2.75, 3.05) is 46.2 Å². The number of ether oxygens (including phenoxy) is 2. The maximum absolute atomic E-state index is 13.0. The third-order valence-electron chi connectivity index (χ3n) is 9.51. The number of aromatic amines is 2. The van der Waals surface area contributed by atoms with E-state index in [9.17, 15) is 19.2 Å². The van der Waals surface area contributed by atoms with Crippen LogP contribution in [0.5, 0.6) is 0 Å². The van der Waals surface area contributed by atoms with Gasteiger partial charge in [0.05, 0.1) is 51.1 Å². The minimum absolute atomic E-state index is 0.0892. The number of carbonyl (C=O) groups is 4. The molecule has 0 aliphatic heterocycles. The van der Waals surface area contributed by atoms with Crippen LogP contribution in [0.3, 0.4) is 0 Å². The lowest BCUT2D eigenvalue weighted by Crippen LogP contribution is -2.42. The molecule has 0 radical (unpaired) electrons.